The molecule has 1 unspecified atom stereocenters. The van der Waals surface area contributed by atoms with Crippen LogP contribution >= 0.6 is 0 Å². The zero-order valence-corrected chi connectivity index (χ0v) is 13.6. The van der Waals surface area contributed by atoms with Crippen molar-refractivity contribution in [3.05, 3.63) is 23.8 Å². The molecule has 0 amide bonds. The summed E-state index contributed by atoms with van der Waals surface area (Å²) in [7, 11) is -0.729. The van der Waals surface area contributed by atoms with E-state index in [-0.39, 0.29) is 46.5 Å². The first-order valence-electron chi connectivity index (χ1n) is 4.64. The van der Waals surface area contributed by atoms with Gasteiger partial charge < -0.3 is 29.6 Å². The van der Waals surface area contributed by atoms with E-state index in [1.807, 2.05) is 0 Å². The Labute approximate surface area is 122 Å². The summed E-state index contributed by atoms with van der Waals surface area (Å²) in [6.45, 7) is 7.51. The molecule has 0 N–H and O–H groups in total. The second kappa shape index (κ2) is 11.4. The van der Waals surface area contributed by atoms with E-state index < -0.39 is 8.80 Å². The second-order valence-electron chi connectivity index (χ2n) is 3.36. The SMILES string of the molecule is CCOC(C1=[C-]CC=C1)[SiH](C)C.[Cl-].[Cl-].[Ti+3]. The Morgan fingerprint density at radius 1 is 1.47 bits per heavy atom. The average Bonchev–Trinajstić information content (AvgIpc) is 2.51. The third kappa shape index (κ3) is 6.98. The number of rotatable bonds is 4. The molecular weight excluding hydrogens is 283 g/mol. The maximum atomic E-state index is 5.70. The maximum Gasteiger partial charge on any atom is 3.00 e. The molecule has 1 nitrogen and oxygen atoms in total. The molecule has 0 spiro atoms. The minimum absolute atomic E-state index is 0. The van der Waals surface area contributed by atoms with Gasteiger partial charge in [0.15, 0.2) is 0 Å². The van der Waals surface area contributed by atoms with Crippen molar-refractivity contribution < 1.29 is 51.3 Å². The first-order chi connectivity index (χ1) is 5.75. The van der Waals surface area contributed by atoms with E-state index in [0.29, 0.717) is 5.73 Å². The van der Waals surface area contributed by atoms with Gasteiger partial charge in [0.1, 0.15) is 0 Å². The van der Waals surface area contributed by atoms with Gasteiger partial charge in [-0.15, -0.1) is 6.42 Å². The van der Waals surface area contributed by atoms with Crippen molar-refractivity contribution in [2.24, 2.45) is 0 Å². The maximum absolute atomic E-state index is 5.70. The molecule has 0 bridgehead atoms. The van der Waals surface area contributed by atoms with Crippen molar-refractivity contribution in [1.82, 2.24) is 0 Å². The van der Waals surface area contributed by atoms with Gasteiger partial charge >= 0.3 is 21.7 Å². The van der Waals surface area contributed by atoms with Crippen molar-refractivity contribution >= 4 is 8.80 Å². The smallest absolute Gasteiger partial charge is 1.00 e. The Morgan fingerprint density at radius 3 is 2.40 bits per heavy atom. The fourth-order valence-corrected chi connectivity index (χ4v) is 2.96. The Balaban J connectivity index is -0.000000480. The normalized spacial score (nSPS) is 14.8. The van der Waals surface area contributed by atoms with E-state index in [9.17, 15) is 0 Å². The van der Waals surface area contributed by atoms with E-state index in [1.165, 1.54) is 5.57 Å². The van der Waals surface area contributed by atoms with Crippen LogP contribution in [0.3, 0.4) is 0 Å². The van der Waals surface area contributed by atoms with Crippen LogP contribution in [-0.4, -0.2) is 21.1 Å². The fraction of sp³-hybridized carbons (Fsp3) is 0.600. The second-order valence-corrected chi connectivity index (χ2v) is 6.45. The van der Waals surface area contributed by atoms with E-state index in [4.69, 9.17) is 4.74 Å². The van der Waals surface area contributed by atoms with Crippen LogP contribution in [0.4, 0.5) is 0 Å². The molecule has 5 heteroatoms. The van der Waals surface area contributed by atoms with Gasteiger partial charge in [0, 0.05) is 12.3 Å². The first kappa shape index (κ1) is 21.3. The van der Waals surface area contributed by atoms with E-state index in [0.717, 1.165) is 13.0 Å². The zero-order valence-electron chi connectivity index (χ0n) is 9.39. The summed E-state index contributed by atoms with van der Waals surface area (Å²) in [5.74, 6) is 0. The minimum Gasteiger partial charge on any atom is -1.00 e. The van der Waals surface area contributed by atoms with Crippen LogP contribution in [0.15, 0.2) is 17.7 Å². The standard InChI is InChI=1S/C10H17OSi.2ClH.Ti/c1-4-11-10(12(2)3)9-7-5-6-8-9;;;/h5,7,10,12H,4,6H2,1-3H3;2*1H;/q-1;;;+3/p-2. The molecule has 1 aliphatic carbocycles. The third-order valence-electron chi connectivity index (χ3n) is 1.98. The van der Waals surface area contributed by atoms with Crippen molar-refractivity contribution in [3.8, 4) is 0 Å². The Morgan fingerprint density at radius 2 is 2.07 bits per heavy atom. The summed E-state index contributed by atoms with van der Waals surface area (Å²) >= 11 is 0. The molecule has 0 saturated heterocycles. The summed E-state index contributed by atoms with van der Waals surface area (Å²) in [5.41, 5.74) is 1.67. The summed E-state index contributed by atoms with van der Waals surface area (Å²) in [5, 5.41) is 0. The van der Waals surface area contributed by atoms with Crippen molar-refractivity contribution in [2.45, 2.75) is 32.2 Å². The molecule has 0 saturated carbocycles. The van der Waals surface area contributed by atoms with Crippen LogP contribution in [0, 0.1) is 6.08 Å². The van der Waals surface area contributed by atoms with E-state index in [2.05, 4.69) is 38.2 Å². The molecule has 0 aliphatic heterocycles. The molecule has 1 rings (SSSR count). The van der Waals surface area contributed by atoms with E-state index in [1.54, 1.807) is 0 Å². The van der Waals surface area contributed by atoms with Gasteiger partial charge in [0.2, 0.25) is 0 Å². The molecule has 0 aromatic heterocycles. The Kier molecular flexibility index (Phi) is 16.2. The molecule has 85 valence electrons. The average molecular weight is 300 g/mol. The number of ether oxygens (including phenoxy) is 1. The zero-order chi connectivity index (χ0) is 8.97. The predicted octanol–water partition coefficient (Wildman–Crippen LogP) is -3.89. The number of halogens is 2. The molecule has 15 heavy (non-hydrogen) atoms. The Hall–Kier alpha value is 0.951. The van der Waals surface area contributed by atoms with Crippen LogP contribution in [0.5, 0.6) is 0 Å². The van der Waals surface area contributed by atoms with E-state index >= 15 is 0 Å². The number of hydrogen-bond donors (Lipinski definition) is 0. The molecule has 0 aromatic carbocycles. The molecule has 0 fully saturated rings. The summed E-state index contributed by atoms with van der Waals surface area (Å²) in [6, 6.07) is 0. The van der Waals surface area contributed by atoms with Gasteiger partial charge in [-0.05, 0) is 6.92 Å². The largest absolute Gasteiger partial charge is 3.00 e. The van der Waals surface area contributed by atoms with Crippen LogP contribution in [0.2, 0.25) is 13.1 Å². The molecule has 1 atom stereocenters. The van der Waals surface area contributed by atoms with Gasteiger partial charge in [-0.1, -0.05) is 13.1 Å². The number of allylic oxidation sites excluding steroid dienone is 2. The summed E-state index contributed by atoms with van der Waals surface area (Å²) in [4.78, 5) is 0. The van der Waals surface area contributed by atoms with Gasteiger partial charge in [-0.3, -0.25) is 6.08 Å². The van der Waals surface area contributed by atoms with Crippen LogP contribution < -0.4 is 24.8 Å². The fourth-order valence-electron chi connectivity index (χ4n) is 1.44. The van der Waals surface area contributed by atoms with Gasteiger partial charge in [0.25, 0.3) is 0 Å². The molecular formula is C10H17Cl2OSiTi. The molecule has 1 aliphatic rings. The summed E-state index contributed by atoms with van der Waals surface area (Å²) in [6.07, 6.45) is 8.62. The molecule has 1 radical (unpaired) electrons. The number of hydrogen-bond acceptors (Lipinski definition) is 1. The van der Waals surface area contributed by atoms with Gasteiger partial charge in [-0.25, -0.2) is 6.08 Å². The predicted molar refractivity (Wildman–Crippen MR) is 54.8 cm³/mol. The first-order valence-corrected chi connectivity index (χ1v) is 7.62. The van der Waals surface area contributed by atoms with Crippen LogP contribution in [0.25, 0.3) is 0 Å². The van der Waals surface area contributed by atoms with Crippen molar-refractivity contribution in [1.29, 1.82) is 0 Å². The Bertz CT molecular complexity index is 208. The van der Waals surface area contributed by atoms with Gasteiger partial charge in [0.05, 0.1) is 8.80 Å². The monoisotopic (exact) mass is 299 g/mol. The quantitative estimate of drug-likeness (QED) is 0.381. The van der Waals surface area contributed by atoms with Crippen molar-refractivity contribution in [2.75, 3.05) is 6.61 Å². The molecule has 0 aromatic rings. The van der Waals surface area contributed by atoms with Crippen molar-refractivity contribution in [3.63, 3.8) is 0 Å². The summed E-state index contributed by atoms with van der Waals surface area (Å²) < 4.78 is 5.70. The topological polar surface area (TPSA) is 9.23 Å². The molecule has 0 heterocycles. The van der Waals surface area contributed by atoms with Crippen LogP contribution in [0.1, 0.15) is 13.3 Å². The minimum atomic E-state index is -0.729. The van der Waals surface area contributed by atoms with Crippen LogP contribution in [-0.2, 0) is 26.5 Å². The third-order valence-corrected chi connectivity index (χ3v) is 3.74. The van der Waals surface area contributed by atoms with Gasteiger partial charge in [-0.2, -0.15) is 11.6 Å².